The Labute approximate surface area is 149 Å². The molecule has 7 heteroatoms. The van der Waals surface area contributed by atoms with E-state index in [9.17, 15) is 9.18 Å². The summed E-state index contributed by atoms with van der Waals surface area (Å²) in [6.07, 6.45) is 3.37. The summed E-state index contributed by atoms with van der Waals surface area (Å²) < 4.78 is 18.7. The van der Waals surface area contributed by atoms with Gasteiger partial charge in [0.2, 0.25) is 0 Å². The van der Waals surface area contributed by atoms with E-state index in [1.807, 2.05) is 12.1 Å². The number of likely N-dealkylation sites (tertiary alicyclic amines) is 1. The van der Waals surface area contributed by atoms with Crippen LogP contribution in [-0.2, 0) is 0 Å². The first kappa shape index (κ1) is 16.4. The van der Waals surface area contributed by atoms with Gasteiger partial charge < -0.3 is 9.42 Å². The number of hydrogen-bond donors (Lipinski definition) is 0. The van der Waals surface area contributed by atoms with Crippen molar-refractivity contribution in [2.75, 3.05) is 13.1 Å². The number of carbonyl (C=O) groups is 1. The van der Waals surface area contributed by atoms with E-state index in [2.05, 4.69) is 15.1 Å². The zero-order chi connectivity index (χ0) is 17.9. The van der Waals surface area contributed by atoms with Gasteiger partial charge in [-0.1, -0.05) is 17.3 Å². The summed E-state index contributed by atoms with van der Waals surface area (Å²) in [4.78, 5) is 23.0. The Bertz CT molecular complexity index is 913. The fourth-order valence-electron chi connectivity index (χ4n) is 3.17. The fraction of sp³-hybridized carbons (Fsp3) is 0.263. The summed E-state index contributed by atoms with van der Waals surface area (Å²) >= 11 is 0. The van der Waals surface area contributed by atoms with Crippen molar-refractivity contribution in [2.45, 2.75) is 18.8 Å². The molecule has 0 spiro atoms. The van der Waals surface area contributed by atoms with Crippen LogP contribution in [0.5, 0.6) is 0 Å². The van der Waals surface area contributed by atoms with E-state index in [0.717, 1.165) is 12.8 Å². The van der Waals surface area contributed by atoms with Crippen LogP contribution in [0, 0.1) is 5.82 Å². The van der Waals surface area contributed by atoms with Crippen LogP contribution in [0.3, 0.4) is 0 Å². The number of piperidine rings is 1. The van der Waals surface area contributed by atoms with Crippen molar-refractivity contribution in [1.82, 2.24) is 20.0 Å². The lowest BCUT2D eigenvalue weighted by Crippen LogP contribution is -2.39. The van der Waals surface area contributed by atoms with E-state index in [4.69, 9.17) is 4.52 Å². The highest BCUT2D eigenvalue weighted by Gasteiger charge is 2.29. The first-order valence-corrected chi connectivity index (χ1v) is 8.50. The highest BCUT2D eigenvalue weighted by atomic mass is 19.1. The Kier molecular flexibility index (Phi) is 4.43. The maximum absolute atomic E-state index is 13.4. The standard InChI is InChI=1S/C19H17FN4O2/c20-15-7-3-5-13(11-15)19(25)24-10-4-6-14(12-24)17-22-18(26-23-17)16-8-1-2-9-21-16/h1-3,5,7-9,11,14H,4,6,10,12H2. The van der Waals surface area contributed by atoms with Crippen LogP contribution in [0.25, 0.3) is 11.6 Å². The van der Waals surface area contributed by atoms with E-state index in [1.54, 1.807) is 29.3 Å². The van der Waals surface area contributed by atoms with Gasteiger partial charge in [0.15, 0.2) is 5.82 Å². The molecule has 0 bridgehead atoms. The Hall–Kier alpha value is -3.09. The van der Waals surface area contributed by atoms with E-state index in [0.29, 0.717) is 36.1 Å². The lowest BCUT2D eigenvalue weighted by Gasteiger charge is -2.31. The minimum atomic E-state index is -0.414. The van der Waals surface area contributed by atoms with E-state index in [1.165, 1.54) is 12.1 Å². The summed E-state index contributed by atoms with van der Waals surface area (Å²) in [7, 11) is 0. The van der Waals surface area contributed by atoms with Gasteiger partial charge in [-0.25, -0.2) is 4.39 Å². The smallest absolute Gasteiger partial charge is 0.276 e. The minimum absolute atomic E-state index is 0.0116. The summed E-state index contributed by atoms with van der Waals surface area (Å²) in [5, 5.41) is 4.07. The molecule has 1 atom stereocenters. The molecule has 2 aromatic heterocycles. The molecule has 132 valence electrons. The molecule has 1 unspecified atom stereocenters. The first-order valence-electron chi connectivity index (χ1n) is 8.50. The molecule has 0 aliphatic carbocycles. The average molecular weight is 352 g/mol. The number of pyridine rings is 1. The van der Waals surface area contributed by atoms with Gasteiger partial charge in [-0.05, 0) is 43.2 Å². The molecule has 1 fully saturated rings. The van der Waals surface area contributed by atoms with Gasteiger partial charge in [0.05, 0.1) is 0 Å². The van der Waals surface area contributed by atoms with Gasteiger partial charge in [-0.3, -0.25) is 9.78 Å². The van der Waals surface area contributed by atoms with Gasteiger partial charge in [0.25, 0.3) is 11.8 Å². The maximum atomic E-state index is 13.4. The van der Waals surface area contributed by atoms with Crippen LogP contribution in [0.2, 0.25) is 0 Å². The lowest BCUT2D eigenvalue weighted by molar-refractivity contribution is 0.0703. The number of carbonyl (C=O) groups excluding carboxylic acids is 1. The zero-order valence-corrected chi connectivity index (χ0v) is 14.0. The maximum Gasteiger partial charge on any atom is 0.276 e. The SMILES string of the molecule is O=C(c1cccc(F)c1)N1CCCC(c2noc(-c3ccccn3)n2)C1. The molecular formula is C19H17FN4O2. The highest BCUT2D eigenvalue weighted by Crippen LogP contribution is 2.27. The van der Waals surface area contributed by atoms with Gasteiger partial charge in [0, 0.05) is 30.8 Å². The summed E-state index contributed by atoms with van der Waals surface area (Å²) in [5.74, 6) is 0.337. The van der Waals surface area contributed by atoms with Crippen molar-refractivity contribution >= 4 is 5.91 Å². The number of benzene rings is 1. The zero-order valence-electron chi connectivity index (χ0n) is 14.0. The molecule has 3 heterocycles. The van der Waals surface area contributed by atoms with Crippen LogP contribution in [0.1, 0.15) is 34.9 Å². The quantitative estimate of drug-likeness (QED) is 0.723. The monoisotopic (exact) mass is 352 g/mol. The van der Waals surface area contributed by atoms with Crippen molar-refractivity contribution in [2.24, 2.45) is 0 Å². The molecule has 3 aromatic rings. The molecule has 0 saturated carbocycles. The third-order valence-corrected chi connectivity index (χ3v) is 4.47. The van der Waals surface area contributed by atoms with Crippen molar-refractivity contribution in [3.63, 3.8) is 0 Å². The predicted molar refractivity (Wildman–Crippen MR) is 91.8 cm³/mol. The van der Waals surface area contributed by atoms with Crippen LogP contribution >= 0.6 is 0 Å². The summed E-state index contributed by atoms with van der Waals surface area (Å²) in [6, 6.07) is 11.2. The lowest BCUT2D eigenvalue weighted by atomic mass is 9.96. The average Bonchev–Trinajstić information content (AvgIpc) is 3.18. The second-order valence-electron chi connectivity index (χ2n) is 6.27. The number of halogens is 1. The van der Waals surface area contributed by atoms with E-state index in [-0.39, 0.29) is 11.8 Å². The van der Waals surface area contributed by atoms with E-state index < -0.39 is 5.82 Å². The van der Waals surface area contributed by atoms with Crippen molar-refractivity contribution < 1.29 is 13.7 Å². The topological polar surface area (TPSA) is 72.1 Å². The number of nitrogens with zero attached hydrogens (tertiary/aromatic N) is 4. The second-order valence-corrected chi connectivity index (χ2v) is 6.27. The third kappa shape index (κ3) is 3.33. The molecule has 1 amide bonds. The van der Waals surface area contributed by atoms with Gasteiger partial charge in [0.1, 0.15) is 11.5 Å². The molecule has 6 nitrogen and oxygen atoms in total. The highest BCUT2D eigenvalue weighted by molar-refractivity contribution is 5.94. The third-order valence-electron chi connectivity index (χ3n) is 4.47. The number of rotatable bonds is 3. The Balaban J connectivity index is 1.50. The second kappa shape index (κ2) is 7.03. The Morgan fingerprint density at radius 3 is 2.96 bits per heavy atom. The number of amides is 1. The normalized spacial score (nSPS) is 17.3. The van der Waals surface area contributed by atoms with E-state index >= 15 is 0 Å². The molecule has 1 aliphatic heterocycles. The molecule has 0 N–H and O–H groups in total. The molecule has 1 aromatic carbocycles. The molecule has 26 heavy (non-hydrogen) atoms. The molecular weight excluding hydrogens is 335 g/mol. The predicted octanol–water partition coefficient (Wildman–Crippen LogP) is 3.29. The Morgan fingerprint density at radius 1 is 1.23 bits per heavy atom. The molecule has 4 rings (SSSR count). The first-order chi connectivity index (χ1) is 12.7. The van der Waals surface area contributed by atoms with Crippen LogP contribution < -0.4 is 0 Å². The minimum Gasteiger partial charge on any atom is -0.338 e. The largest absolute Gasteiger partial charge is 0.338 e. The van der Waals surface area contributed by atoms with Crippen molar-refractivity contribution in [1.29, 1.82) is 0 Å². The summed E-state index contributed by atoms with van der Waals surface area (Å²) in [5.41, 5.74) is 0.975. The van der Waals surface area contributed by atoms with Crippen LogP contribution in [0.4, 0.5) is 4.39 Å². The van der Waals surface area contributed by atoms with Gasteiger partial charge in [-0.15, -0.1) is 0 Å². The van der Waals surface area contributed by atoms with Gasteiger partial charge in [-0.2, -0.15) is 4.98 Å². The van der Waals surface area contributed by atoms with Crippen LogP contribution in [-0.4, -0.2) is 39.0 Å². The fourth-order valence-corrected chi connectivity index (χ4v) is 3.17. The molecule has 1 saturated heterocycles. The molecule has 1 aliphatic rings. The van der Waals surface area contributed by atoms with Crippen molar-refractivity contribution in [3.05, 3.63) is 65.9 Å². The molecule has 0 radical (unpaired) electrons. The van der Waals surface area contributed by atoms with Gasteiger partial charge >= 0.3 is 0 Å². The Morgan fingerprint density at radius 2 is 2.15 bits per heavy atom. The van der Waals surface area contributed by atoms with Crippen LogP contribution in [0.15, 0.2) is 53.2 Å². The number of hydrogen-bond acceptors (Lipinski definition) is 5. The van der Waals surface area contributed by atoms with Crippen molar-refractivity contribution in [3.8, 4) is 11.6 Å². The number of aromatic nitrogens is 3. The summed E-state index contributed by atoms with van der Waals surface area (Å²) in [6.45, 7) is 1.12.